The fourth-order valence-corrected chi connectivity index (χ4v) is 4.26. The fraction of sp³-hybridized carbons (Fsp3) is 0.591. The van der Waals surface area contributed by atoms with E-state index in [9.17, 15) is 14.4 Å². The summed E-state index contributed by atoms with van der Waals surface area (Å²) in [5.74, 6) is -0.619. The molecule has 1 atom stereocenters. The van der Waals surface area contributed by atoms with Crippen molar-refractivity contribution in [1.29, 1.82) is 0 Å². The Bertz CT molecular complexity index is 779. The van der Waals surface area contributed by atoms with E-state index in [1.165, 1.54) is 4.90 Å². The summed E-state index contributed by atoms with van der Waals surface area (Å²) in [7, 11) is 0. The highest BCUT2D eigenvalue weighted by atomic mass is 79.9. The van der Waals surface area contributed by atoms with Crippen LogP contribution in [-0.2, 0) is 14.3 Å². The normalized spacial score (nSPS) is 19.9. The molecule has 30 heavy (non-hydrogen) atoms. The molecule has 1 saturated carbocycles. The van der Waals surface area contributed by atoms with Gasteiger partial charge in [-0.25, -0.2) is 0 Å². The number of esters is 1. The summed E-state index contributed by atoms with van der Waals surface area (Å²) in [6.07, 6.45) is 5.57. The van der Waals surface area contributed by atoms with Gasteiger partial charge in [-0.2, -0.15) is 0 Å². The minimum absolute atomic E-state index is 0.0822. The van der Waals surface area contributed by atoms with Gasteiger partial charge >= 0.3 is 5.97 Å². The molecule has 164 valence electrons. The maximum Gasteiger partial charge on any atom is 0.308 e. The predicted octanol–water partition coefficient (Wildman–Crippen LogP) is 3.44. The van der Waals surface area contributed by atoms with Gasteiger partial charge in [0, 0.05) is 17.6 Å². The van der Waals surface area contributed by atoms with Crippen molar-refractivity contribution in [2.75, 3.05) is 19.7 Å². The molecule has 0 spiro atoms. The molecular formula is C22H29BrN2O5. The van der Waals surface area contributed by atoms with E-state index in [1.807, 2.05) is 13.0 Å². The molecule has 1 aromatic rings. The third-order valence-electron chi connectivity index (χ3n) is 5.44. The molecule has 0 radical (unpaired) electrons. The molecular weight excluding hydrogens is 452 g/mol. The van der Waals surface area contributed by atoms with Gasteiger partial charge in [0.1, 0.15) is 17.9 Å². The van der Waals surface area contributed by atoms with Crippen LogP contribution in [0.1, 0.15) is 62.2 Å². The molecule has 3 rings (SSSR count). The minimum atomic E-state index is -0.889. The van der Waals surface area contributed by atoms with E-state index in [2.05, 4.69) is 21.2 Å². The van der Waals surface area contributed by atoms with E-state index in [-0.39, 0.29) is 24.3 Å². The van der Waals surface area contributed by atoms with Crippen LogP contribution >= 0.6 is 15.9 Å². The Morgan fingerprint density at radius 3 is 2.73 bits per heavy atom. The lowest BCUT2D eigenvalue weighted by atomic mass is 9.98. The molecule has 2 aliphatic rings. The number of hydrogen-bond donors (Lipinski definition) is 1. The van der Waals surface area contributed by atoms with Crippen molar-refractivity contribution >= 4 is 33.7 Å². The van der Waals surface area contributed by atoms with Crippen LogP contribution in [-0.4, -0.2) is 54.5 Å². The smallest absolute Gasteiger partial charge is 0.308 e. The highest BCUT2D eigenvalue weighted by Gasteiger charge is 2.37. The molecule has 8 heteroatoms. The number of carbonyl (C=O) groups excluding carboxylic acids is 3. The van der Waals surface area contributed by atoms with Crippen LogP contribution in [0.4, 0.5) is 0 Å². The van der Waals surface area contributed by atoms with Crippen LogP contribution in [0.3, 0.4) is 0 Å². The van der Waals surface area contributed by atoms with Crippen LogP contribution in [0.5, 0.6) is 5.75 Å². The van der Waals surface area contributed by atoms with Gasteiger partial charge in [-0.1, -0.05) is 29.3 Å². The average molecular weight is 481 g/mol. The number of amides is 2. The summed E-state index contributed by atoms with van der Waals surface area (Å²) in [6, 6.07) is 4.35. The van der Waals surface area contributed by atoms with E-state index < -0.39 is 12.0 Å². The lowest BCUT2D eigenvalue weighted by Gasteiger charge is -2.35. The first-order valence-corrected chi connectivity index (χ1v) is 11.5. The van der Waals surface area contributed by atoms with Crippen molar-refractivity contribution in [3.05, 3.63) is 28.2 Å². The third kappa shape index (κ3) is 5.74. The van der Waals surface area contributed by atoms with Crippen LogP contribution in [0.2, 0.25) is 0 Å². The topological polar surface area (TPSA) is 84.9 Å². The number of ether oxygens (including phenoxy) is 2. The Kier molecular flexibility index (Phi) is 8.13. The lowest BCUT2D eigenvalue weighted by Crippen LogP contribution is -2.58. The molecule has 1 N–H and O–H groups in total. The Morgan fingerprint density at radius 1 is 1.23 bits per heavy atom. The first kappa shape index (κ1) is 22.6. The van der Waals surface area contributed by atoms with Crippen LogP contribution in [0, 0.1) is 0 Å². The second-order valence-electron chi connectivity index (χ2n) is 7.75. The quantitative estimate of drug-likeness (QED) is 0.604. The molecule has 1 saturated heterocycles. The van der Waals surface area contributed by atoms with Crippen LogP contribution in [0.25, 0.3) is 0 Å². The van der Waals surface area contributed by atoms with E-state index in [0.29, 0.717) is 31.0 Å². The van der Waals surface area contributed by atoms with Gasteiger partial charge in [-0.05, 0) is 50.3 Å². The van der Waals surface area contributed by atoms with Crippen LogP contribution in [0.15, 0.2) is 22.7 Å². The number of hydrogen-bond acceptors (Lipinski definition) is 5. The minimum Gasteiger partial charge on any atom is -0.493 e. The summed E-state index contributed by atoms with van der Waals surface area (Å²) in [4.78, 5) is 39.9. The summed E-state index contributed by atoms with van der Waals surface area (Å²) in [5.41, 5.74) is 0.373. The lowest BCUT2D eigenvalue weighted by molar-refractivity contribution is -0.153. The van der Waals surface area contributed by atoms with E-state index in [0.717, 1.165) is 43.0 Å². The molecule has 1 heterocycles. The van der Waals surface area contributed by atoms with Crippen molar-refractivity contribution in [3.8, 4) is 5.75 Å². The molecule has 0 bridgehead atoms. The Hall–Kier alpha value is -2.09. The van der Waals surface area contributed by atoms with E-state index >= 15 is 0 Å². The first-order chi connectivity index (χ1) is 14.5. The average Bonchev–Trinajstić information content (AvgIpc) is 2.74. The number of rotatable bonds is 7. The second kappa shape index (κ2) is 10.8. The number of halogens is 1. The molecule has 2 amide bonds. The number of carbonyl (C=O) groups is 3. The van der Waals surface area contributed by atoms with Crippen molar-refractivity contribution in [2.24, 2.45) is 0 Å². The van der Waals surface area contributed by atoms with Gasteiger partial charge in [0.25, 0.3) is 5.91 Å². The fourth-order valence-electron chi connectivity index (χ4n) is 3.90. The number of benzene rings is 1. The van der Waals surface area contributed by atoms with Gasteiger partial charge in [0.2, 0.25) is 5.91 Å². The van der Waals surface area contributed by atoms with Gasteiger partial charge in [-0.15, -0.1) is 0 Å². The zero-order valence-corrected chi connectivity index (χ0v) is 18.9. The van der Waals surface area contributed by atoms with Crippen molar-refractivity contribution in [1.82, 2.24) is 10.2 Å². The molecule has 0 aromatic heterocycles. The SMILES string of the molecule is CCCOc1ccc(Br)cc1C(=O)N1CCNC(=O)[C@@H]1CC(=O)OC1CCCCC1. The Morgan fingerprint density at radius 2 is 2.00 bits per heavy atom. The number of piperazine rings is 1. The van der Waals surface area contributed by atoms with Crippen molar-refractivity contribution < 1.29 is 23.9 Å². The maximum atomic E-state index is 13.4. The molecule has 0 unspecified atom stereocenters. The molecule has 2 fully saturated rings. The van der Waals surface area contributed by atoms with E-state index in [1.54, 1.807) is 12.1 Å². The highest BCUT2D eigenvalue weighted by molar-refractivity contribution is 9.10. The molecule has 1 aliphatic carbocycles. The second-order valence-corrected chi connectivity index (χ2v) is 8.66. The Labute approximate surface area is 185 Å². The van der Waals surface area contributed by atoms with Gasteiger partial charge in [0.15, 0.2) is 0 Å². The van der Waals surface area contributed by atoms with Crippen LogP contribution < -0.4 is 10.1 Å². The zero-order chi connectivity index (χ0) is 21.5. The standard InChI is InChI=1S/C22H29BrN2O5/c1-2-12-29-19-9-8-15(23)13-17(19)22(28)25-11-10-24-21(27)18(25)14-20(26)30-16-6-4-3-5-7-16/h8-9,13,16,18H,2-7,10-12,14H2,1H3,(H,24,27)/t18-/m0/s1. The first-order valence-electron chi connectivity index (χ1n) is 10.7. The molecule has 1 aliphatic heterocycles. The van der Waals surface area contributed by atoms with Gasteiger partial charge in [0.05, 0.1) is 18.6 Å². The van der Waals surface area contributed by atoms with Gasteiger partial charge in [-0.3, -0.25) is 14.4 Å². The summed E-state index contributed by atoms with van der Waals surface area (Å²) in [6.45, 7) is 3.15. The third-order valence-corrected chi connectivity index (χ3v) is 5.93. The summed E-state index contributed by atoms with van der Waals surface area (Å²) < 4.78 is 12.1. The van der Waals surface area contributed by atoms with Crippen molar-refractivity contribution in [3.63, 3.8) is 0 Å². The molecule has 1 aromatic carbocycles. The predicted molar refractivity (Wildman–Crippen MR) is 115 cm³/mol. The summed E-state index contributed by atoms with van der Waals surface area (Å²) >= 11 is 3.40. The summed E-state index contributed by atoms with van der Waals surface area (Å²) in [5, 5.41) is 2.76. The number of nitrogens with zero attached hydrogens (tertiary/aromatic N) is 1. The highest BCUT2D eigenvalue weighted by Crippen LogP contribution is 2.27. The van der Waals surface area contributed by atoms with Gasteiger partial charge < -0.3 is 19.7 Å². The monoisotopic (exact) mass is 480 g/mol. The Balaban J connectivity index is 1.75. The maximum absolute atomic E-state index is 13.4. The molecule has 7 nitrogen and oxygen atoms in total. The largest absolute Gasteiger partial charge is 0.493 e. The number of nitrogens with one attached hydrogen (secondary N) is 1. The van der Waals surface area contributed by atoms with Crippen molar-refractivity contribution in [2.45, 2.75) is 64.0 Å². The zero-order valence-electron chi connectivity index (χ0n) is 17.3. The van der Waals surface area contributed by atoms with E-state index in [4.69, 9.17) is 9.47 Å².